The highest BCUT2D eigenvalue weighted by atomic mass is 35.5. The van der Waals surface area contributed by atoms with Crippen LogP contribution in [0, 0.1) is 0 Å². The Morgan fingerprint density at radius 1 is 1.06 bits per heavy atom. The molecule has 31 heavy (non-hydrogen) atoms. The van der Waals surface area contributed by atoms with Crippen molar-refractivity contribution in [2.75, 3.05) is 6.61 Å². The lowest BCUT2D eigenvalue weighted by atomic mass is 9.95. The predicted molar refractivity (Wildman–Crippen MR) is 123 cm³/mol. The molecule has 0 aromatic heterocycles. The molecule has 0 spiro atoms. The van der Waals surface area contributed by atoms with Gasteiger partial charge in [-0.05, 0) is 55.7 Å². The van der Waals surface area contributed by atoms with Crippen LogP contribution in [-0.4, -0.2) is 35.4 Å². The third-order valence-corrected chi connectivity index (χ3v) is 5.99. The first-order chi connectivity index (χ1) is 14.9. The lowest BCUT2D eigenvalue weighted by molar-refractivity contribution is -0.142. The summed E-state index contributed by atoms with van der Waals surface area (Å²) >= 11 is 12.1. The standard InChI is InChI=1S/C24H28Cl2N2O3/c1-17(24(30)27-21-10-3-2-4-11-21)28(15-18-7-5-8-19(25)13-18)23(29)16-31-22-12-6-9-20(26)14-22/h5-9,12-14,17,21H,2-4,10-11,15-16H2,1H3,(H,27,30)/t17-/m0/s1. The molecule has 0 heterocycles. The number of benzene rings is 2. The molecule has 5 nitrogen and oxygen atoms in total. The van der Waals surface area contributed by atoms with Crippen molar-refractivity contribution >= 4 is 35.0 Å². The van der Waals surface area contributed by atoms with E-state index >= 15 is 0 Å². The summed E-state index contributed by atoms with van der Waals surface area (Å²) in [6.07, 6.45) is 5.43. The molecule has 1 aliphatic rings. The van der Waals surface area contributed by atoms with E-state index in [1.165, 1.54) is 11.3 Å². The van der Waals surface area contributed by atoms with Gasteiger partial charge in [0.2, 0.25) is 5.91 Å². The van der Waals surface area contributed by atoms with Gasteiger partial charge in [0.1, 0.15) is 11.8 Å². The van der Waals surface area contributed by atoms with Crippen molar-refractivity contribution in [3.05, 3.63) is 64.1 Å². The number of nitrogens with zero attached hydrogens (tertiary/aromatic N) is 1. The van der Waals surface area contributed by atoms with Crippen molar-refractivity contribution in [1.82, 2.24) is 10.2 Å². The Kier molecular flexibility index (Phi) is 8.61. The first-order valence-corrected chi connectivity index (χ1v) is 11.4. The van der Waals surface area contributed by atoms with Gasteiger partial charge in [0, 0.05) is 22.6 Å². The largest absolute Gasteiger partial charge is 0.484 e. The van der Waals surface area contributed by atoms with Crippen molar-refractivity contribution in [3.63, 3.8) is 0 Å². The molecule has 2 aromatic carbocycles. The molecule has 0 bridgehead atoms. The number of amides is 2. The first-order valence-electron chi connectivity index (χ1n) is 10.6. The molecule has 0 radical (unpaired) electrons. The van der Waals surface area contributed by atoms with Gasteiger partial charge in [0.25, 0.3) is 5.91 Å². The molecule has 7 heteroatoms. The second kappa shape index (κ2) is 11.4. The molecule has 1 aliphatic carbocycles. The van der Waals surface area contributed by atoms with E-state index in [4.69, 9.17) is 27.9 Å². The molecule has 2 aromatic rings. The number of ether oxygens (including phenoxy) is 1. The van der Waals surface area contributed by atoms with E-state index in [2.05, 4.69) is 5.32 Å². The minimum Gasteiger partial charge on any atom is -0.484 e. The number of halogens is 2. The number of hydrogen-bond donors (Lipinski definition) is 1. The molecule has 1 N–H and O–H groups in total. The number of rotatable bonds is 8. The van der Waals surface area contributed by atoms with Gasteiger partial charge in [0.15, 0.2) is 6.61 Å². The van der Waals surface area contributed by atoms with E-state index in [9.17, 15) is 9.59 Å². The highest BCUT2D eigenvalue weighted by Crippen LogP contribution is 2.20. The normalized spacial score (nSPS) is 15.2. The van der Waals surface area contributed by atoms with E-state index in [0.29, 0.717) is 15.8 Å². The molecule has 1 atom stereocenters. The number of carbonyl (C=O) groups is 2. The number of hydrogen-bond acceptors (Lipinski definition) is 3. The van der Waals surface area contributed by atoms with E-state index in [0.717, 1.165) is 31.2 Å². The van der Waals surface area contributed by atoms with Crippen LogP contribution in [0.15, 0.2) is 48.5 Å². The van der Waals surface area contributed by atoms with Crippen molar-refractivity contribution in [2.24, 2.45) is 0 Å². The van der Waals surface area contributed by atoms with Crippen molar-refractivity contribution in [1.29, 1.82) is 0 Å². The van der Waals surface area contributed by atoms with Crippen molar-refractivity contribution in [2.45, 2.75) is 57.7 Å². The highest BCUT2D eigenvalue weighted by molar-refractivity contribution is 6.30. The molecule has 166 valence electrons. The molecular formula is C24H28Cl2N2O3. The third kappa shape index (κ3) is 7.15. The van der Waals surface area contributed by atoms with Gasteiger partial charge in [-0.25, -0.2) is 0 Å². The Bertz CT molecular complexity index is 900. The summed E-state index contributed by atoms with van der Waals surface area (Å²) in [6.45, 7) is 1.82. The molecular weight excluding hydrogens is 435 g/mol. The van der Waals surface area contributed by atoms with Crippen LogP contribution in [0.1, 0.15) is 44.6 Å². The van der Waals surface area contributed by atoms with E-state index in [-0.39, 0.29) is 31.0 Å². The Labute approximate surface area is 193 Å². The van der Waals surface area contributed by atoms with Crippen LogP contribution in [0.4, 0.5) is 0 Å². The molecule has 1 saturated carbocycles. The quantitative estimate of drug-likeness (QED) is 0.583. The van der Waals surface area contributed by atoms with Crippen LogP contribution in [0.3, 0.4) is 0 Å². The van der Waals surface area contributed by atoms with E-state index in [1.54, 1.807) is 43.3 Å². The minimum absolute atomic E-state index is 0.148. The fraction of sp³-hybridized carbons (Fsp3) is 0.417. The zero-order valence-electron chi connectivity index (χ0n) is 17.7. The van der Waals surface area contributed by atoms with Crippen molar-refractivity contribution in [3.8, 4) is 5.75 Å². The van der Waals surface area contributed by atoms with Crippen LogP contribution >= 0.6 is 23.2 Å². The summed E-state index contributed by atoms with van der Waals surface area (Å²) in [5.41, 5.74) is 0.848. The van der Waals surface area contributed by atoms with Gasteiger partial charge in [-0.2, -0.15) is 0 Å². The number of nitrogens with one attached hydrogen (secondary N) is 1. The van der Waals surface area contributed by atoms with Crippen molar-refractivity contribution < 1.29 is 14.3 Å². The first kappa shape index (κ1) is 23.4. The maximum absolute atomic E-state index is 13.1. The fourth-order valence-electron chi connectivity index (χ4n) is 3.77. The average Bonchev–Trinajstić information content (AvgIpc) is 2.76. The SMILES string of the molecule is C[C@@H](C(=O)NC1CCCCC1)N(Cc1cccc(Cl)c1)C(=O)COc1cccc(Cl)c1. The Morgan fingerprint density at radius 2 is 1.74 bits per heavy atom. The molecule has 0 aliphatic heterocycles. The zero-order chi connectivity index (χ0) is 22.2. The third-order valence-electron chi connectivity index (χ3n) is 5.52. The summed E-state index contributed by atoms with van der Waals surface area (Å²) < 4.78 is 5.64. The topological polar surface area (TPSA) is 58.6 Å². The lowest BCUT2D eigenvalue weighted by Gasteiger charge is -2.31. The molecule has 0 unspecified atom stereocenters. The molecule has 2 amide bonds. The monoisotopic (exact) mass is 462 g/mol. The summed E-state index contributed by atoms with van der Waals surface area (Å²) in [5.74, 6) is 0.0687. The van der Waals surface area contributed by atoms with Gasteiger partial charge in [-0.3, -0.25) is 9.59 Å². The summed E-state index contributed by atoms with van der Waals surface area (Å²) in [4.78, 5) is 27.6. The van der Waals surface area contributed by atoms with Crippen LogP contribution < -0.4 is 10.1 Å². The molecule has 0 saturated heterocycles. The molecule has 3 rings (SSSR count). The number of carbonyl (C=O) groups excluding carboxylic acids is 2. The zero-order valence-corrected chi connectivity index (χ0v) is 19.2. The smallest absolute Gasteiger partial charge is 0.261 e. The summed E-state index contributed by atoms with van der Waals surface area (Å²) in [6, 6.07) is 13.7. The Morgan fingerprint density at radius 3 is 2.42 bits per heavy atom. The second-order valence-corrected chi connectivity index (χ2v) is 8.79. The van der Waals surface area contributed by atoms with E-state index in [1.807, 2.05) is 12.1 Å². The van der Waals surface area contributed by atoms with Gasteiger partial charge in [-0.15, -0.1) is 0 Å². The van der Waals surface area contributed by atoms with Crippen LogP contribution in [0.5, 0.6) is 5.75 Å². The minimum atomic E-state index is -0.642. The Hall–Kier alpha value is -2.24. The fourth-order valence-corrected chi connectivity index (χ4v) is 4.16. The molecule has 1 fully saturated rings. The summed E-state index contributed by atoms with van der Waals surface area (Å²) in [7, 11) is 0. The Balaban J connectivity index is 1.70. The van der Waals surface area contributed by atoms with Gasteiger partial charge in [0.05, 0.1) is 0 Å². The second-order valence-electron chi connectivity index (χ2n) is 7.92. The van der Waals surface area contributed by atoms with Gasteiger partial charge >= 0.3 is 0 Å². The van der Waals surface area contributed by atoms with Crippen LogP contribution in [0.2, 0.25) is 10.0 Å². The maximum atomic E-state index is 13.1. The van der Waals surface area contributed by atoms with E-state index < -0.39 is 6.04 Å². The maximum Gasteiger partial charge on any atom is 0.261 e. The van der Waals surface area contributed by atoms with Crippen LogP contribution in [-0.2, 0) is 16.1 Å². The predicted octanol–water partition coefficient (Wildman–Crippen LogP) is 5.24. The van der Waals surface area contributed by atoms with Crippen LogP contribution in [0.25, 0.3) is 0 Å². The summed E-state index contributed by atoms with van der Waals surface area (Å²) in [5, 5.41) is 4.23. The lowest BCUT2D eigenvalue weighted by Crippen LogP contribution is -2.51. The van der Waals surface area contributed by atoms with Gasteiger partial charge in [-0.1, -0.05) is 60.7 Å². The van der Waals surface area contributed by atoms with Gasteiger partial charge < -0.3 is 15.0 Å². The highest BCUT2D eigenvalue weighted by Gasteiger charge is 2.28. The average molecular weight is 463 g/mol.